The number of rotatable bonds is 0. The number of benzene rings is 1. The number of para-hydroxylation sites is 1. The van der Waals surface area contributed by atoms with Gasteiger partial charge in [-0.2, -0.15) is 5.26 Å². The van der Waals surface area contributed by atoms with Crippen LogP contribution in [0.1, 0.15) is 5.69 Å². The van der Waals surface area contributed by atoms with E-state index in [1.807, 2.05) is 12.1 Å². The lowest BCUT2D eigenvalue weighted by molar-refractivity contribution is 1.33. The molecule has 68 valence electrons. The minimum Gasteiger partial charge on any atom is -0.398 e. The molecule has 0 radical (unpaired) electrons. The first-order valence-electron chi connectivity index (χ1n) is 3.97. The molecule has 0 spiro atoms. The predicted octanol–water partition coefficient (Wildman–Crippen LogP) is 2.34. The minimum atomic E-state index is 0.281. The van der Waals surface area contributed by atoms with Crippen molar-refractivity contribution in [2.24, 2.45) is 0 Å². The van der Waals surface area contributed by atoms with Crippen molar-refractivity contribution in [2.75, 3.05) is 5.73 Å². The highest BCUT2D eigenvalue weighted by atomic mass is 35.5. The molecule has 0 fully saturated rings. The quantitative estimate of drug-likeness (QED) is 0.715. The Kier molecular flexibility index (Phi) is 1.99. The first kappa shape index (κ1) is 8.79. The summed E-state index contributed by atoms with van der Waals surface area (Å²) in [5, 5.41) is 9.98. The number of nitrogen functional groups attached to an aromatic ring is 1. The Labute approximate surface area is 85.7 Å². The molecule has 1 heterocycles. The molecule has 1 aromatic carbocycles. The van der Waals surface area contributed by atoms with E-state index in [2.05, 4.69) is 4.98 Å². The number of fused-ring (bicyclic) bond motifs is 1. The maximum atomic E-state index is 8.70. The van der Waals surface area contributed by atoms with Gasteiger partial charge in [0.1, 0.15) is 11.8 Å². The van der Waals surface area contributed by atoms with Crippen molar-refractivity contribution in [1.82, 2.24) is 4.98 Å². The van der Waals surface area contributed by atoms with E-state index < -0.39 is 0 Å². The van der Waals surface area contributed by atoms with Gasteiger partial charge >= 0.3 is 0 Å². The van der Waals surface area contributed by atoms with Crippen LogP contribution in [0.3, 0.4) is 0 Å². The van der Waals surface area contributed by atoms with E-state index in [0.717, 1.165) is 5.39 Å². The Morgan fingerprint density at radius 1 is 1.43 bits per heavy atom. The van der Waals surface area contributed by atoms with Crippen molar-refractivity contribution in [3.05, 3.63) is 35.0 Å². The van der Waals surface area contributed by atoms with Crippen molar-refractivity contribution < 1.29 is 0 Å². The second-order valence-corrected chi connectivity index (χ2v) is 3.25. The zero-order valence-electron chi connectivity index (χ0n) is 7.16. The zero-order valence-corrected chi connectivity index (χ0v) is 7.92. The van der Waals surface area contributed by atoms with Gasteiger partial charge < -0.3 is 5.73 Å². The molecule has 0 saturated heterocycles. The van der Waals surface area contributed by atoms with Crippen molar-refractivity contribution in [1.29, 1.82) is 5.26 Å². The van der Waals surface area contributed by atoms with Gasteiger partial charge in [-0.05, 0) is 12.1 Å². The summed E-state index contributed by atoms with van der Waals surface area (Å²) < 4.78 is 0. The van der Waals surface area contributed by atoms with E-state index >= 15 is 0 Å². The van der Waals surface area contributed by atoms with E-state index in [0.29, 0.717) is 16.2 Å². The van der Waals surface area contributed by atoms with Gasteiger partial charge in [-0.3, -0.25) is 0 Å². The molecule has 2 rings (SSSR count). The second-order valence-electron chi connectivity index (χ2n) is 2.84. The van der Waals surface area contributed by atoms with Gasteiger partial charge in [0.25, 0.3) is 0 Å². The van der Waals surface area contributed by atoms with Crippen molar-refractivity contribution in [3.63, 3.8) is 0 Å². The predicted molar refractivity (Wildman–Crippen MR) is 55.9 cm³/mol. The lowest BCUT2D eigenvalue weighted by atomic mass is 10.1. The van der Waals surface area contributed by atoms with E-state index in [9.17, 15) is 0 Å². The molecule has 3 nitrogen and oxygen atoms in total. The standard InChI is InChI=1S/C10H6ClN3/c11-8-3-1-2-7-9(13)4-6(5-12)14-10(7)8/h1-4H,(H2,13,14). The maximum Gasteiger partial charge on any atom is 0.143 e. The number of nitrogens with zero attached hydrogens (tertiary/aromatic N) is 2. The molecule has 0 unspecified atom stereocenters. The maximum absolute atomic E-state index is 8.70. The largest absolute Gasteiger partial charge is 0.398 e. The third-order valence-corrected chi connectivity index (χ3v) is 2.24. The molecular formula is C10H6ClN3. The van der Waals surface area contributed by atoms with Crippen LogP contribution in [0.15, 0.2) is 24.3 Å². The number of nitrogens with two attached hydrogens (primary N) is 1. The Morgan fingerprint density at radius 2 is 2.21 bits per heavy atom. The summed E-state index contributed by atoms with van der Waals surface area (Å²) in [6.45, 7) is 0. The zero-order chi connectivity index (χ0) is 10.1. The third kappa shape index (κ3) is 1.26. The van der Waals surface area contributed by atoms with Crippen LogP contribution in [0.5, 0.6) is 0 Å². The molecule has 0 saturated carbocycles. The second kappa shape index (κ2) is 3.17. The van der Waals surface area contributed by atoms with Crippen LogP contribution in [0.4, 0.5) is 5.69 Å². The van der Waals surface area contributed by atoms with Crippen molar-refractivity contribution in [2.45, 2.75) is 0 Å². The lowest BCUT2D eigenvalue weighted by Gasteiger charge is -2.02. The first-order chi connectivity index (χ1) is 6.72. The van der Waals surface area contributed by atoms with Gasteiger partial charge in [0, 0.05) is 11.1 Å². The topological polar surface area (TPSA) is 62.7 Å². The lowest BCUT2D eigenvalue weighted by Crippen LogP contribution is -1.92. The van der Waals surface area contributed by atoms with Gasteiger partial charge in [-0.15, -0.1) is 0 Å². The molecule has 0 aliphatic rings. The van der Waals surface area contributed by atoms with E-state index in [-0.39, 0.29) is 5.69 Å². The van der Waals surface area contributed by atoms with Crippen LogP contribution in [0.2, 0.25) is 5.02 Å². The number of hydrogen-bond donors (Lipinski definition) is 1. The number of aromatic nitrogens is 1. The molecule has 2 N–H and O–H groups in total. The molecule has 4 heteroatoms. The molecule has 0 amide bonds. The number of anilines is 1. The summed E-state index contributed by atoms with van der Waals surface area (Å²) in [6.07, 6.45) is 0. The number of hydrogen-bond acceptors (Lipinski definition) is 3. The highest BCUT2D eigenvalue weighted by molar-refractivity contribution is 6.35. The summed E-state index contributed by atoms with van der Waals surface area (Å²) in [4.78, 5) is 4.08. The highest BCUT2D eigenvalue weighted by Gasteiger charge is 2.05. The smallest absolute Gasteiger partial charge is 0.143 e. The minimum absolute atomic E-state index is 0.281. The number of halogens is 1. The molecule has 0 bridgehead atoms. The van der Waals surface area contributed by atoms with Gasteiger partial charge in [0.15, 0.2) is 0 Å². The van der Waals surface area contributed by atoms with Gasteiger partial charge in [0.2, 0.25) is 0 Å². The Balaban J connectivity index is 2.92. The SMILES string of the molecule is N#Cc1cc(N)c2cccc(Cl)c2n1. The average molecular weight is 204 g/mol. The summed E-state index contributed by atoms with van der Waals surface area (Å²) in [7, 11) is 0. The van der Waals surface area contributed by atoms with E-state index in [4.69, 9.17) is 22.6 Å². The van der Waals surface area contributed by atoms with Crippen LogP contribution in [-0.4, -0.2) is 4.98 Å². The van der Waals surface area contributed by atoms with Crippen LogP contribution >= 0.6 is 11.6 Å². The van der Waals surface area contributed by atoms with Gasteiger partial charge in [-0.25, -0.2) is 4.98 Å². The third-order valence-electron chi connectivity index (χ3n) is 1.94. The summed E-state index contributed by atoms with van der Waals surface area (Å²) in [6, 6.07) is 8.82. The van der Waals surface area contributed by atoms with E-state index in [1.165, 1.54) is 0 Å². The fourth-order valence-electron chi connectivity index (χ4n) is 1.30. The van der Waals surface area contributed by atoms with Gasteiger partial charge in [-0.1, -0.05) is 23.7 Å². The monoisotopic (exact) mass is 203 g/mol. The van der Waals surface area contributed by atoms with Crippen molar-refractivity contribution in [3.8, 4) is 6.07 Å². The molecule has 0 atom stereocenters. The molecule has 1 aromatic heterocycles. The Bertz CT molecular complexity index is 543. The Hall–Kier alpha value is -1.79. The highest BCUT2D eigenvalue weighted by Crippen LogP contribution is 2.26. The van der Waals surface area contributed by atoms with Crippen molar-refractivity contribution >= 4 is 28.2 Å². The fourth-order valence-corrected chi connectivity index (χ4v) is 1.51. The summed E-state index contributed by atoms with van der Waals surface area (Å²) in [5.74, 6) is 0. The molecule has 0 aliphatic carbocycles. The molecule has 14 heavy (non-hydrogen) atoms. The van der Waals surface area contributed by atoms with Crippen LogP contribution in [-0.2, 0) is 0 Å². The summed E-state index contributed by atoms with van der Waals surface area (Å²) in [5.41, 5.74) is 7.13. The van der Waals surface area contributed by atoms with Crippen LogP contribution in [0, 0.1) is 11.3 Å². The number of nitriles is 1. The summed E-state index contributed by atoms with van der Waals surface area (Å²) >= 11 is 5.93. The van der Waals surface area contributed by atoms with Crippen LogP contribution in [0.25, 0.3) is 10.9 Å². The van der Waals surface area contributed by atoms with E-state index in [1.54, 1.807) is 18.2 Å². The number of pyridine rings is 1. The normalized spacial score (nSPS) is 10.0. The molecule has 2 aromatic rings. The van der Waals surface area contributed by atoms with Crippen LogP contribution < -0.4 is 5.73 Å². The van der Waals surface area contributed by atoms with Gasteiger partial charge in [0.05, 0.1) is 10.5 Å². The molecular weight excluding hydrogens is 198 g/mol. The first-order valence-corrected chi connectivity index (χ1v) is 4.35. The average Bonchev–Trinajstić information content (AvgIpc) is 2.19. The Morgan fingerprint density at radius 3 is 2.93 bits per heavy atom. The molecule has 0 aliphatic heterocycles. The fraction of sp³-hybridized carbons (Fsp3) is 0.